The highest BCUT2D eigenvalue weighted by atomic mass is 32.1. The molecule has 3 heteroatoms. The molecule has 2 rings (SSSR count). The van der Waals surface area contributed by atoms with E-state index in [0.29, 0.717) is 11.6 Å². The zero-order valence-electron chi connectivity index (χ0n) is 11.1. The van der Waals surface area contributed by atoms with Crippen LogP contribution in [0.3, 0.4) is 0 Å². The van der Waals surface area contributed by atoms with Crippen LogP contribution in [-0.2, 0) is 6.61 Å². The Bertz CT molecular complexity index is 587. The number of ether oxygens (including phenoxy) is 1. The van der Waals surface area contributed by atoms with Crippen LogP contribution in [0, 0.1) is 13.8 Å². The van der Waals surface area contributed by atoms with Crippen molar-refractivity contribution in [1.82, 2.24) is 0 Å². The summed E-state index contributed by atoms with van der Waals surface area (Å²) in [6.07, 6.45) is 0. The van der Waals surface area contributed by atoms with Gasteiger partial charge in [0.05, 0.1) is 5.56 Å². The van der Waals surface area contributed by atoms with Gasteiger partial charge in [-0.15, -0.1) is 0 Å². The Labute approximate surface area is 119 Å². The number of nitrogens with two attached hydrogens (primary N) is 1. The fourth-order valence-corrected chi connectivity index (χ4v) is 2.28. The molecule has 0 atom stereocenters. The number of hydrogen-bond donors (Lipinski definition) is 1. The van der Waals surface area contributed by atoms with Crippen LogP contribution in [0.4, 0.5) is 0 Å². The van der Waals surface area contributed by atoms with Crippen LogP contribution in [0.25, 0.3) is 0 Å². The molecule has 2 aromatic carbocycles. The second kappa shape index (κ2) is 5.85. The zero-order valence-corrected chi connectivity index (χ0v) is 12.0. The normalized spacial score (nSPS) is 10.2. The first-order chi connectivity index (χ1) is 9.06. The van der Waals surface area contributed by atoms with Crippen molar-refractivity contribution in [3.63, 3.8) is 0 Å². The van der Waals surface area contributed by atoms with Gasteiger partial charge in [0.15, 0.2) is 0 Å². The number of rotatable bonds is 4. The number of thiocarbonyl (C=S) groups is 1. The maximum absolute atomic E-state index is 5.83. The van der Waals surface area contributed by atoms with Crippen molar-refractivity contribution in [1.29, 1.82) is 0 Å². The van der Waals surface area contributed by atoms with E-state index in [4.69, 9.17) is 22.7 Å². The molecule has 2 aromatic rings. The lowest BCUT2D eigenvalue weighted by molar-refractivity contribution is 0.305. The molecule has 0 aromatic heterocycles. The molecule has 0 saturated carbocycles. The van der Waals surface area contributed by atoms with Crippen LogP contribution >= 0.6 is 12.2 Å². The third kappa shape index (κ3) is 3.55. The SMILES string of the molecule is Cc1cc(C)cc(COc2ccccc2C(N)=S)c1. The summed E-state index contributed by atoms with van der Waals surface area (Å²) in [6, 6.07) is 14.0. The standard InChI is InChI=1S/C16H17NOS/c1-11-7-12(2)9-13(8-11)10-18-15-6-4-3-5-14(15)16(17)19/h3-9H,10H2,1-2H3,(H2,17,19). The van der Waals surface area contributed by atoms with Gasteiger partial charge in [0.1, 0.15) is 17.3 Å². The Balaban J connectivity index is 2.16. The first-order valence-electron chi connectivity index (χ1n) is 6.15. The molecule has 0 unspecified atom stereocenters. The number of benzene rings is 2. The van der Waals surface area contributed by atoms with Crippen molar-refractivity contribution < 1.29 is 4.74 Å². The Morgan fingerprint density at radius 2 is 1.74 bits per heavy atom. The van der Waals surface area contributed by atoms with Gasteiger partial charge >= 0.3 is 0 Å². The Morgan fingerprint density at radius 3 is 2.37 bits per heavy atom. The van der Waals surface area contributed by atoms with Gasteiger partial charge in [0.25, 0.3) is 0 Å². The van der Waals surface area contributed by atoms with Gasteiger partial charge < -0.3 is 10.5 Å². The summed E-state index contributed by atoms with van der Waals surface area (Å²) in [4.78, 5) is 0.357. The van der Waals surface area contributed by atoms with Crippen LogP contribution < -0.4 is 10.5 Å². The van der Waals surface area contributed by atoms with Gasteiger partial charge in [0.2, 0.25) is 0 Å². The van der Waals surface area contributed by atoms with Gasteiger partial charge in [-0.2, -0.15) is 0 Å². The van der Waals surface area contributed by atoms with E-state index in [-0.39, 0.29) is 0 Å². The molecule has 0 heterocycles. The molecule has 0 spiro atoms. The third-order valence-corrected chi connectivity index (χ3v) is 3.05. The summed E-state index contributed by atoms with van der Waals surface area (Å²) < 4.78 is 5.83. The van der Waals surface area contributed by atoms with Crippen molar-refractivity contribution in [2.24, 2.45) is 5.73 Å². The largest absolute Gasteiger partial charge is 0.488 e. The number of para-hydroxylation sites is 1. The minimum Gasteiger partial charge on any atom is -0.488 e. The molecule has 2 nitrogen and oxygen atoms in total. The number of aryl methyl sites for hydroxylation is 2. The number of hydrogen-bond acceptors (Lipinski definition) is 2. The minimum atomic E-state index is 0.357. The first kappa shape index (κ1) is 13.6. The van der Waals surface area contributed by atoms with E-state index in [0.717, 1.165) is 16.9 Å². The highest BCUT2D eigenvalue weighted by molar-refractivity contribution is 7.80. The molecule has 2 N–H and O–H groups in total. The average molecular weight is 271 g/mol. The van der Waals surface area contributed by atoms with E-state index < -0.39 is 0 Å². The van der Waals surface area contributed by atoms with Crippen molar-refractivity contribution in [3.8, 4) is 5.75 Å². The lowest BCUT2D eigenvalue weighted by atomic mass is 10.1. The molecule has 19 heavy (non-hydrogen) atoms. The quantitative estimate of drug-likeness (QED) is 0.864. The molecular weight excluding hydrogens is 254 g/mol. The summed E-state index contributed by atoms with van der Waals surface area (Å²) in [5.74, 6) is 0.731. The smallest absolute Gasteiger partial charge is 0.129 e. The maximum atomic E-state index is 5.83. The van der Waals surface area contributed by atoms with Crippen LogP contribution in [0.5, 0.6) is 5.75 Å². The molecule has 0 aliphatic rings. The zero-order chi connectivity index (χ0) is 13.8. The molecule has 98 valence electrons. The Kier molecular flexibility index (Phi) is 4.17. The van der Waals surface area contributed by atoms with Gasteiger partial charge in [-0.25, -0.2) is 0 Å². The summed E-state index contributed by atoms with van der Waals surface area (Å²) in [5.41, 5.74) is 10.1. The van der Waals surface area contributed by atoms with Crippen LogP contribution in [0.1, 0.15) is 22.3 Å². The third-order valence-electron chi connectivity index (χ3n) is 2.83. The molecule has 0 amide bonds. The Morgan fingerprint density at radius 1 is 1.11 bits per heavy atom. The van der Waals surface area contributed by atoms with E-state index in [1.807, 2.05) is 24.3 Å². The van der Waals surface area contributed by atoms with Gasteiger partial charge in [-0.05, 0) is 31.5 Å². The van der Waals surface area contributed by atoms with Crippen molar-refractivity contribution in [2.75, 3.05) is 0 Å². The fraction of sp³-hybridized carbons (Fsp3) is 0.188. The molecule has 0 aliphatic carbocycles. The molecule has 0 saturated heterocycles. The Hall–Kier alpha value is -1.87. The van der Waals surface area contributed by atoms with E-state index in [1.54, 1.807) is 0 Å². The van der Waals surface area contributed by atoms with Crippen LogP contribution in [-0.4, -0.2) is 4.99 Å². The average Bonchev–Trinajstić information content (AvgIpc) is 2.35. The fourth-order valence-electron chi connectivity index (χ4n) is 2.11. The van der Waals surface area contributed by atoms with Gasteiger partial charge in [-0.1, -0.05) is 53.7 Å². The predicted octanol–water partition coefficient (Wildman–Crippen LogP) is 3.52. The maximum Gasteiger partial charge on any atom is 0.129 e. The van der Waals surface area contributed by atoms with Crippen LogP contribution in [0.15, 0.2) is 42.5 Å². The predicted molar refractivity (Wildman–Crippen MR) is 82.6 cm³/mol. The van der Waals surface area contributed by atoms with Crippen LogP contribution in [0.2, 0.25) is 0 Å². The highest BCUT2D eigenvalue weighted by Gasteiger charge is 2.05. The second-order valence-corrected chi connectivity index (χ2v) is 5.08. The summed E-state index contributed by atoms with van der Waals surface area (Å²) >= 11 is 5.02. The minimum absolute atomic E-state index is 0.357. The highest BCUT2D eigenvalue weighted by Crippen LogP contribution is 2.19. The van der Waals surface area contributed by atoms with E-state index in [9.17, 15) is 0 Å². The molecular formula is C16H17NOS. The van der Waals surface area contributed by atoms with Gasteiger partial charge in [0, 0.05) is 0 Å². The van der Waals surface area contributed by atoms with E-state index in [2.05, 4.69) is 32.0 Å². The summed E-state index contributed by atoms with van der Waals surface area (Å²) in [6.45, 7) is 4.68. The van der Waals surface area contributed by atoms with E-state index in [1.165, 1.54) is 11.1 Å². The molecule has 0 bridgehead atoms. The molecule has 0 radical (unpaired) electrons. The summed E-state index contributed by atoms with van der Waals surface area (Å²) in [5, 5.41) is 0. The van der Waals surface area contributed by atoms with E-state index >= 15 is 0 Å². The monoisotopic (exact) mass is 271 g/mol. The topological polar surface area (TPSA) is 35.2 Å². The lowest BCUT2D eigenvalue weighted by Gasteiger charge is -2.11. The molecule has 0 aliphatic heterocycles. The van der Waals surface area contributed by atoms with Crippen molar-refractivity contribution in [3.05, 3.63) is 64.7 Å². The second-order valence-electron chi connectivity index (χ2n) is 4.65. The van der Waals surface area contributed by atoms with Crippen molar-refractivity contribution >= 4 is 17.2 Å². The summed E-state index contributed by atoms with van der Waals surface area (Å²) in [7, 11) is 0. The first-order valence-corrected chi connectivity index (χ1v) is 6.56. The molecule has 0 fully saturated rings. The van der Waals surface area contributed by atoms with Gasteiger partial charge in [-0.3, -0.25) is 0 Å². The lowest BCUT2D eigenvalue weighted by Crippen LogP contribution is -2.11. The van der Waals surface area contributed by atoms with Crippen molar-refractivity contribution in [2.45, 2.75) is 20.5 Å².